The monoisotopic (exact) mass is 518 g/mol. The molecule has 0 aliphatic carbocycles. The van der Waals surface area contributed by atoms with Gasteiger partial charge in [-0.3, -0.25) is 9.13 Å². The Balaban J connectivity index is 2.64. The maximum atomic E-state index is 14.1. The molecule has 0 aromatic heterocycles. The van der Waals surface area contributed by atoms with Gasteiger partial charge >= 0.3 is 15.2 Å². The van der Waals surface area contributed by atoms with E-state index in [9.17, 15) is 9.13 Å². The number of hydrogen-bond donors (Lipinski definition) is 0. The fraction of sp³-hybridized carbons (Fsp3) is 0.455. The van der Waals surface area contributed by atoms with E-state index in [1.165, 1.54) is 23.5 Å². The van der Waals surface area contributed by atoms with Crippen LogP contribution in [0.5, 0.6) is 0 Å². The largest absolute Gasteiger partial charge is 0.345 e. The number of rotatable bonds is 15. The fourth-order valence-electron chi connectivity index (χ4n) is 2.92. The van der Waals surface area contributed by atoms with Gasteiger partial charge in [-0.1, -0.05) is 36.4 Å². The first-order valence-electron chi connectivity index (χ1n) is 10.6. The van der Waals surface area contributed by atoms with Crippen molar-refractivity contribution in [1.82, 2.24) is 0 Å². The summed E-state index contributed by atoms with van der Waals surface area (Å²) in [4.78, 5) is 0.0450. The zero-order valence-electron chi connectivity index (χ0n) is 18.9. The zero-order chi connectivity index (χ0) is 23.5. The second-order valence-electron chi connectivity index (χ2n) is 6.39. The van der Waals surface area contributed by atoms with E-state index in [4.69, 9.17) is 18.1 Å². The molecular formula is C22H32O6P2S2. The lowest BCUT2D eigenvalue weighted by molar-refractivity contribution is 0.207. The molecule has 10 heteroatoms. The first kappa shape index (κ1) is 27.7. The zero-order valence-corrected chi connectivity index (χ0v) is 22.3. The summed E-state index contributed by atoms with van der Waals surface area (Å²) in [7, 11) is -7.44. The van der Waals surface area contributed by atoms with Gasteiger partial charge in [0.15, 0.2) is 0 Å². The second kappa shape index (κ2) is 14.0. The van der Waals surface area contributed by atoms with Crippen LogP contribution < -0.4 is 0 Å². The molecule has 0 bridgehead atoms. The highest BCUT2D eigenvalue weighted by Crippen LogP contribution is 2.71. The van der Waals surface area contributed by atoms with E-state index in [2.05, 4.69) is 0 Å². The second-order valence-corrected chi connectivity index (χ2v) is 13.8. The summed E-state index contributed by atoms with van der Waals surface area (Å²) in [5.74, 6) is 0. The van der Waals surface area contributed by atoms with Crippen LogP contribution in [0.15, 0.2) is 70.5 Å². The third kappa shape index (κ3) is 7.75. The Labute approximate surface area is 200 Å². The molecule has 0 N–H and O–H groups in total. The van der Waals surface area contributed by atoms with Crippen molar-refractivity contribution in [3.8, 4) is 0 Å². The Bertz CT molecular complexity index is 791. The third-order valence-corrected chi connectivity index (χ3v) is 13.5. The summed E-state index contributed by atoms with van der Waals surface area (Å²) in [6.45, 7) is 7.83. The van der Waals surface area contributed by atoms with Gasteiger partial charge in [-0.25, -0.2) is 0 Å². The molecule has 2 aromatic rings. The van der Waals surface area contributed by atoms with Crippen molar-refractivity contribution in [1.29, 1.82) is 0 Å². The van der Waals surface area contributed by atoms with Crippen molar-refractivity contribution < 1.29 is 27.2 Å². The molecule has 0 amide bonds. The third-order valence-electron chi connectivity index (χ3n) is 4.10. The minimum Gasteiger partial charge on any atom is -0.308 e. The van der Waals surface area contributed by atoms with Crippen LogP contribution in [0.1, 0.15) is 27.7 Å². The van der Waals surface area contributed by atoms with Crippen LogP contribution in [0, 0.1) is 0 Å². The van der Waals surface area contributed by atoms with E-state index >= 15 is 0 Å². The summed E-state index contributed by atoms with van der Waals surface area (Å²) in [6.07, 6.45) is 0. The SMILES string of the molecule is CCOP(=O)(OCC)C(Sc1ccccc1)C(Sc1ccccc1)P(=O)(OCC)OCC. The number of thioether (sulfide) groups is 2. The van der Waals surface area contributed by atoms with E-state index < -0.39 is 25.2 Å². The Hall–Kier alpha value is -0.560. The summed E-state index contributed by atoms with van der Waals surface area (Å²) in [5.41, 5.74) is 0. The van der Waals surface area contributed by atoms with Crippen molar-refractivity contribution in [3.63, 3.8) is 0 Å². The summed E-state index contributed by atoms with van der Waals surface area (Å²) >= 11 is 2.63. The Morgan fingerprint density at radius 2 is 0.875 bits per heavy atom. The van der Waals surface area contributed by atoms with Gasteiger partial charge < -0.3 is 18.1 Å². The Morgan fingerprint density at radius 3 is 1.12 bits per heavy atom. The highest BCUT2D eigenvalue weighted by atomic mass is 32.2. The molecule has 0 aliphatic heterocycles. The van der Waals surface area contributed by atoms with Crippen molar-refractivity contribution >= 4 is 38.7 Å². The van der Waals surface area contributed by atoms with Crippen LogP contribution in [0.3, 0.4) is 0 Å². The molecule has 2 rings (SSSR count). The standard InChI is InChI=1S/C22H32O6P2S2/c1-5-25-29(23,26-6-2)21(31-19-15-11-9-12-16-19)22(30(24,27-7-3)28-8-4)32-20-17-13-10-14-18-20/h9-18,21-22H,5-8H2,1-4H3. The molecule has 2 atom stereocenters. The predicted octanol–water partition coefficient (Wildman–Crippen LogP) is 7.76. The molecule has 0 saturated heterocycles. The highest BCUT2D eigenvalue weighted by molar-refractivity contribution is 8.11. The molecule has 0 saturated carbocycles. The topological polar surface area (TPSA) is 71.1 Å². The van der Waals surface area contributed by atoms with Crippen molar-refractivity contribution in [2.75, 3.05) is 26.4 Å². The molecule has 2 aromatic carbocycles. The van der Waals surface area contributed by atoms with Gasteiger partial charge in [-0.15, -0.1) is 23.5 Å². The minimum absolute atomic E-state index is 0.194. The smallest absolute Gasteiger partial charge is 0.308 e. The van der Waals surface area contributed by atoms with Crippen LogP contribution in [0.2, 0.25) is 0 Å². The Morgan fingerprint density at radius 1 is 0.594 bits per heavy atom. The van der Waals surface area contributed by atoms with Gasteiger partial charge in [0.2, 0.25) is 0 Å². The molecule has 178 valence electrons. The van der Waals surface area contributed by atoms with Crippen LogP contribution in [0.4, 0.5) is 0 Å². The van der Waals surface area contributed by atoms with Gasteiger partial charge in [0.25, 0.3) is 0 Å². The molecule has 0 heterocycles. The predicted molar refractivity (Wildman–Crippen MR) is 134 cm³/mol. The van der Waals surface area contributed by atoms with E-state index in [0.29, 0.717) is 0 Å². The minimum atomic E-state index is -3.72. The van der Waals surface area contributed by atoms with Gasteiger partial charge in [-0.05, 0) is 52.0 Å². The molecule has 0 spiro atoms. The van der Waals surface area contributed by atoms with Gasteiger partial charge in [0.1, 0.15) is 9.98 Å². The van der Waals surface area contributed by atoms with E-state index in [1.807, 2.05) is 60.7 Å². The first-order chi connectivity index (χ1) is 15.4. The van der Waals surface area contributed by atoms with E-state index in [1.54, 1.807) is 27.7 Å². The summed E-state index contributed by atoms with van der Waals surface area (Å²) in [5, 5.41) is 0. The van der Waals surface area contributed by atoms with Gasteiger partial charge in [-0.2, -0.15) is 0 Å². The van der Waals surface area contributed by atoms with Crippen LogP contribution >= 0.6 is 38.7 Å². The molecule has 0 aliphatic rings. The average molecular weight is 519 g/mol. The lowest BCUT2D eigenvalue weighted by Crippen LogP contribution is -2.25. The molecule has 0 fully saturated rings. The number of benzene rings is 2. The quantitative estimate of drug-likeness (QED) is 0.175. The van der Waals surface area contributed by atoms with Crippen molar-refractivity contribution in [3.05, 3.63) is 60.7 Å². The van der Waals surface area contributed by atoms with E-state index in [-0.39, 0.29) is 26.4 Å². The molecule has 6 nitrogen and oxygen atoms in total. The van der Waals surface area contributed by atoms with Crippen LogP contribution in [-0.4, -0.2) is 36.4 Å². The molecule has 2 unspecified atom stereocenters. The van der Waals surface area contributed by atoms with Crippen LogP contribution in [-0.2, 0) is 27.2 Å². The number of hydrogen-bond acceptors (Lipinski definition) is 8. The van der Waals surface area contributed by atoms with Crippen molar-refractivity contribution in [2.45, 2.75) is 47.5 Å². The lowest BCUT2D eigenvalue weighted by Gasteiger charge is -2.35. The normalized spacial score (nSPS) is 14.2. The first-order valence-corrected chi connectivity index (χ1v) is 15.6. The summed E-state index contributed by atoms with van der Waals surface area (Å²) in [6, 6.07) is 19.1. The fourth-order valence-corrected chi connectivity index (χ4v) is 12.2. The molecule has 32 heavy (non-hydrogen) atoms. The molecular weight excluding hydrogens is 486 g/mol. The molecule has 0 radical (unpaired) electrons. The summed E-state index contributed by atoms with van der Waals surface area (Å²) < 4.78 is 51.2. The maximum Gasteiger partial charge on any atom is 0.345 e. The van der Waals surface area contributed by atoms with Crippen LogP contribution in [0.25, 0.3) is 0 Å². The maximum absolute atomic E-state index is 14.1. The van der Waals surface area contributed by atoms with Gasteiger partial charge in [0, 0.05) is 9.79 Å². The van der Waals surface area contributed by atoms with E-state index in [0.717, 1.165) is 9.79 Å². The Kier molecular flexibility index (Phi) is 12.1. The average Bonchev–Trinajstić information content (AvgIpc) is 2.78. The lowest BCUT2D eigenvalue weighted by atomic mass is 10.4. The van der Waals surface area contributed by atoms with Crippen molar-refractivity contribution in [2.24, 2.45) is 0 Å². The highest BCUT2D eigenvalue weighted by Gasteiger charge is 2.52. The van der Waals surface area contributed by atoms with Gasteiger partial charge in [0.05, 0.1) is 26.4 Å².